The summed E-state index contributed by atoms with van der Waals surface area (Å²) in [7, 11) is 0. The third kappa shape index (κ3) is 1.69. The van der Waals surface area contributed by atoms with Gasteiger partial charge in [-0.2, -0.15) is 4.98 Å². The van der Waals surface area contributed by atoms with E-state index in [-0.39, 0.29) is 0 Å². The van der Waals surface area contributed by atoms with Gasteiger partial charge in [0.15, 0.2) is 5.82 Å². The number of imidazole rings is 1. The second-order valence-corrected chi connectivity index (χ2v) is 4.07. The molecule has 0 saturated carbocycles. The summed E-state index contributed by atoms with van der Waals surface area (Å²) in [4.78, 5) is 8.63. The van der Waals surface area contributed by atoms with Crippen molar-refractivity contribution in [3.05, 3.63) is 41.2 Å². The maximum absolute atomic E-state index is 6.10. The lowest BCUT2D eigenvalue weighted by molar-refractivity contribution is 0.958. The molecule has 0 atom stereocenters. The van der Waals surface area contributed by atoms with Crippen molar-refractivity contribution < 1.29 is 0 Å². The summed E-state index contributed by atoms with van der Waals surface area (Å²) in [5.74, 6) is 1.29. The highest BCUT2D eigenvalue weighted by Gasteiger charge is 2.10. The summed E-state index contributed by atoms with van der Waals surface area (Å²) in [6.45, 7) is 0.401. The van der Waals surface area contributed by atoms with Crippen LogP contribution in [-0.2, 0) is 6.54 Å². The predicted molar refractivity (Wildman–Crippen MR) is 65.7 cm³/mol. The standard InChI is InChI=1S/C11H10ClN5/c12-9-4-2-1-3-8(9)10-15-11-14-7(5-13)6-17(11)16-10/h1-4,6H,5,13H2,(H,14,15,16). The number of rotatable bonds is 2. The molecule has 0 unspecified atom stereocenters. The van der Waals surface area contributed by atoms with E-state index in [2.05, 4.69) is 15.1 Å². The third-order valence-corrected chi connectivity index (χ3v) is 2.84. The van der Waals surface area contributed by atoms with Crippen LogP contribution >= 0.6 is 11.6 Å². The Labute approximate surface area is 102 Å². The molecule has 5 nitrogen and oxygen atoms in total. The Morgan fingerprint density at radius 3 is 2.82 bits per heavy atom. The van der Waals surface area contributed by atoms with Crippen LogP contribution in [0.25, 0.3) is 17.2 Å². The first-order valence-corrected chi connectivity index (χ1v) is 5.54. The van der Waals surface area contributed by atoms with Gasteiger partial charge < -0.3 is 5.73 Å². The number of H-pyrrole nitrogens is 1. The van der Waals surface area contributed by atoms with E-state index in [1.54, 1.807) is 4.52 Å². The number of aromatic nitrogens is 4. The molecule has 0 aliphatic heterocycles. The Kier molecular flexibility index (Phi) is 2.35. The van der Waals surface area contributed by atoms with Crippen LogP contribution in [0, 0.1) is 0 Å². The number of fused-ring (bicyclic) bond motifs is 1. The quantitative estimate of drug-likeness (QED) is 0.726. The van der Waals surface area contributed by atoms with E-state index in [1.165, 1.54) is 0 Å². The zero-order valence-corrected chi connectivity index (χ0v) is 9.65. The Balaban J connectivity index is 2.13. The molecule has 0 spiro atoms. The van der Waals surface area contributed by atoms with Gasteiger partial charge in [-0.25, -0.2) is 9.50 Å². The van der Waals surface area contributed by atoms with Crippen molar-refractivity contribution in [1.82, 2.24) is 19.6 Å². The van der Waals surface area contributed by atoms with Gasteiger partial charge in [0.1, 0.15) is 0 Å². The molecule has 3 N–H and O–H groups in total. The van der Waals surface area contributed by atoms with Crippen molar-refractivity contribution in [2.75, 3.05) is 0 Å². The Hall–Kier alpha value is -1.85. The van der Waals surface area contributed by atoms with Gasteiger partial charge in [0, 0.05) is 12.1 Å². The number of nitrogens with two attached hydrogens (primary N) is 1. The average Bonchev–Trinajstić information content (AvgIpc) is 2.86. The van der Waals surface area contributed by atoms with Gasteiger partial charge in [0.2, 0.25) is 0 Å². The molecule has 1 aromatic carbocycles. The monoisotopic (exact) mass is 247 g/mol. The second-order valence-electron chi connectivity index (χ2n) is 3.66. The average molecular weight is 248 g/mol. The maximum atomic E-state index is 6.10. The minimum absolute atomic E-state index is 0.401. The fourth-order valence-corrected chi connectivity index (χ4v) is 1.92. The van der Waals surface area contributed by atoms with Crippen LogP contribution in [0.2, 0.25) is 5.02 Å². The Bertz CT molecular complexity index is 638. The molecular weight excluding hydrogens is 238 g/mol. The van der Waals surface area contributed by atoms with Crippen molar-refractivity contribution >= 4 is 17.4 Å². The number of benzene rings is 1. The summed E-state index contributed by atoms with van der Waals surface area (Å²) in [6.07, 6.45) is 1.82. The lowest BCUT2D eigenvalue weighted by Crippen LogP contribution is -1.96. The minimum Gasteiger partial charge on any atom is -0.325 e. The van der Waals surface area contributed by atoms with E-state index in [4.69, 9.17) is 17.3 Å². The van der Waals surface area contributed by atoms with Crippen LogP contribution < -0.4 is 5.73 Å². The van der Waals surface area contributed by atoms with Crippen molar-refractivity contribution in [3.63, 3.8) is 0 Å². The van der Waals surface area contributed by atoms with Crippen LogP contribution in [0.15, 0.2) is 30.5 Å². The molecule has 0 fully saturated rings. The largest absolute Gasteiger partial charge is 0.325 e. The fraction of sp³-hybridized carbons (Fsp3) is 0.0909. The van der Waals surface area contributed by atoms with Gasteiger partial charge in [-0.3, -0.25) is 5.10 Å². The van der Waals surface area contributed by atoms with Gasteiger partial charge in [-0.1, -0.05) is 23.7 Å². The van der Waals surface area contributed by atoms with Crippen LogP contribution in [0.3, 0.4) is 0 Å². The molecule has 0 bridgehead atoms. The molecule has 0 amide bonds. The zero-order valence-electron chi connectivity index (χ0n) is 8.89. The molecule has 6 heteroatoms. The summed E-state index contributed by atoms with van der Waals surface area (Å²) >= 11 is 6.10. The lowest BCUT2D eigenvalue weighted by atomic mass is 10.2. The lowest BCUT2D eigenvalue weighted by Gasteiger charge is -1.98. The summed E-state index contributed by atoms with van der Waals surface area (Å²) in [6, 6.07) is 7.53. The van der Waals surface area contributed by atoms with Gasteiger partial charge in [-0.05, 0) is 12.1 Å². The summed E-state index contributed by atoms with van der Waals surface area (Å²) < 4.78 is 1.74. The molecule has 0 radical (unpaired) electrons. The number of hydrogen-bond acceptors (Lipinski definition) is 3. The van der Waals surface area contributed by atoms with Crippen molar-refractivity contribution in [2.45, 2.75) is 6.54 Å². The molecule has 3 aromatic rings. The summed E-state index contributed by atoms with van der Waals surface area (Å²) in [5, 5.41) is 3.77. The maximum Gasteiger partial charge on any atom is 0.251 e. The van der Waals surface area contributed by atoms with Crippen molar-refractivity contribution in [3.8, 4) is 11.4 Å². The number of nitrogens with zero attached hydrogens (tertiary/aromatic N) is 3. The highest BCUT2D eigenvalue weighted by molar-refractivity contribution is 6.33. The second kappa shape index (κ2) is 3.87. The zero-order chi connectivity index (χ0) is 11.8. The first-order chi connectivity index (χ1) is 8.28. The van der Waals surface area contributed by atoms with E-state index in [1.807, 2.05) is 30.5 Å². The molecule has 17 heavy (non-hydrogen) atoms. The fourth-order valence-electron chi connectivity index (χ4n) is 1.69. The van der Waals surface area contributed by atoms with Gasteiger partial charge in [-0.15, -0.1) is 0 Å². The molecule has 2 aromatic heterocycles. The molecule has 86 valence electrons. The number of aromatic amines is 1. The molecule has 0 aliphatic carbocycles. The third-order valence-electron chi connectivity index (χ3n) is 2.51. The SMILES string of the molecule is NCc1cn2[nH]c(-c3ccccc3Cl)nc2n1. The van der Waals surface area contributed by atoms with E-state index < -0.39 is 0 Å². The highest BCUT2D eigenvalue weighted by Crippen LogP contribution is 2.24. The summed E-state index contributed by atoms with van der Waals surface area (Å²) in [5.41, 5.74) is 7.16. The van der Waals surface area contributed by atoms with E-state index in [9.17, 15) is 0 Å². The number of nitrogens with one attached hydrogen (secondary N) is 1. The van der Waals surface area contributed by atoms with E-state index >= 15 is 0 Å². The topological polar surface area (TPSA) is 72.0 Å². The van der Waals surface area contributed by atoms with Crippen molar-refractivity contribution in [2.24, 2.45) is 5.73 Å². The molecule has 0 saturated heterocycles. The Morgan fingerprint density at radius 2 is 2.12 bits per heavy atom. The first-order valence-electron chi connectivity index (χ1n) is 5.17. The molecular formula is C11H10ClN5. The minimum atomic E-state index is 0.401. The van der Waals surface area contributed by atoms with Crippen molar-refractivity contribution in [1.29, 1.82) is 0 Å². The number of hydrogen-bond donors (Lipinski definition) is 2. The van der Waals surface area contributed by atoms with Crippen LogP contribution in [-0.4, -0.2) is 19.6 Å². The Morgan fingerprint density at radius 1 is 1.29 bits per heavy atom. The molecule has 2 heterocycles. The van der Waals surface area contributed by atoms with Crippen LogP contribution in [0.4, 0.5) is 0 Å². The van der Waals surface area contributed by atoms with Crippen LogP contribution in [0.5, 0.6) is 0 Å². The first kappa shape index (κ1) is 10.3. The molecule has 0 aliphatic rings. The van der Waals surface area contributed by atoms with E-state index in [0.29, 0.717) is 23.2 Å². The highest BCUT2D eigenvalue weighted by atomic mass is 35.5. The normalized spacial score (nSPS) is 11.2. The smallest absolute Gasteiger partial charge is 0.251 e. The van der Waals surface area contributed by atoms with Gasteiger partial charge in [0.05, 0.1) is 16.9 Å². The van der Waals surface area contributed by atoms with Gasteiger partial charge in [0.25, 0.3) is 5.78 Å². The van der Waals surface area contributed by atoms with Gasteiger partial charge >= 0.3 is 0 Å². The predicted octanol–water partition coefficient (Wildman–Crippen LogP) is 1.84. The molecule has 3 rings (SSSR count). The van der Waals surface area contributed by atoms with Crippen LogP contribution in [0.1, 0.15) is 5.69 Å². The van der Waals surface area contributed by atoms with E-state index in [0.717, 1.165) is 11.3 Å². The number of halogens is 1.